The molecule has 0 bridgehead atoms. The van der Waals surface area contributed by atoms with Crippen molar-refractivity contribution in [3.05, 3.63) is 23.8 Å². The van der Waals surface area contributed by atoms with Crippen LogP contribution in [0.25, 0.3) is 0 Å². The first kappa shape index (κ1) is 19.8. The molecular formula is C15H21F3O2S. The Morgan fingerprint density at radius 3 is 2.19 bits per heavy atom. The average Bonchev–Trinajstić information content (AvgIpc) is 2.39. The summed E-state index contributed by atoms with van der Waals surface area (Å²) in [5.41, 5.74) is -0.462. The number of alkyl halides is 3. The summed E-state index contributed by atoms with van der Waals surface area (Å²) in [6, 6.07) is 4.91. The van der Waals surface area contributed by atoms with Gasteiger partial charge in [0, 0.05) is 22.3 Å². The van der Waals surface area contributed by atoms with Crippen LogP contribution in [0.2, 0.25) is 0 Å². The molecule has 0 saturated heterocycles. The van der Waals surface area contributed by atoms with Crippen molar-refractivity contribution in [1.29, 1.82) is 0 Å². The molecule has 6 heteroatoms. The Bertz CT molecular complexity index is 482. The Hall–Kier alpha value is -1.17. The zero-order chi connectivity index (χ0) is 16.8. The Morgan fingerprint density at radius 2 is 1.76 bits per heavy atom. The second-order valence-electron chi connectivity index (χ2n) is 4.87. The first-order chi connectivity index (χ1) is 9.58. The highest BCUT2D eigenvalue weighted by atomic mass is 32.1. The van der Waals surface area contributed by atoms with Crippen LogP contribution in [0.15, 0.2) is 23.1 Å². The molecule has 2 nitrogen and oxygen atoms in total. The van der Waals surface area contributed by atoms with Crippen molar-refractivity contribution in [2.75, 3.05) is 7.11 Å². The first-order valence-electron chi connectivity index (χ1n) is 6.55. The maximum absolute atomic E-state index is 12.4. The highest BCUT2D eigenvalue weighted by Gasteiger charge is 2.42. The van der Waals surface area contributed by atoms with E-state index in [-0.39, 0.29) is 0 Å². The van der Waals surface area contributed by atoms with Crippen LogP contribution < -0.4 is 4.74 Å². The number of benzene rings is 1. The number of rotatable bonds is 4. The van der Waals surface area contributed by atoms with Crippen molar-refractivity contribution in [2.24, 2.45) is 0 Å². The first-order valence-corrected chi connectivity index (χ1v) is 7.00. The molecule has 0 atom stereocenters. The van der Waals surface area contributed by atoms with E-state index >= 15 is 0 Å². The van der Waals surface area contributed by atoms with Gasteiger partial charge in [-0.25, -0.2) is 0 Å². The molecule has 0 aromatic heterocycles. The second kappa shape index (κ2) is 7.73. The molecule has 0 fully saturated rings. The standard InChI is InChI=1S/C13H15F3O2S.C2H6/c1-12(2,7-11(17)13(14,15)16)9-6-8(19)4-5-10(9)18-3;1-2/h4-6,19H,7H2,1-3H3;1-2H3. The van der Waals surface area contributed by atoms with Crippen LogP contribution in [0.3, 0.4) is 0 Å². The number of thiol groups is 1. The van der Waals surface area contributed by atoms with E-state index < -0.39 is 23.8 Å². The van der Waals surface area contributed by atoms with Gasteiger partial charge < -0.3 is 4.74 Å². The van der Waals surface area contributed by atoms with E-state index in [1.54, 1.807) is 32.0 Å². The van der Waals surface area contributed by atoms with Gasteiger partial charge in [0.05, 0.1) is 7.11 Å². The number of Topliss-reactive ketones (excluding diaryl/α,β-unsaturated/α-hetero) is 1. The highest BCUT2D eigenvalue weighted by molar-refractivity contribution is 7.80. The molecule has 120 valence electrons. The smallest absolute Gasteiger partial charge is 0.450 e. The van der Waals surface area contributed by atoms with E-state index in [2.05, 4.69) is 12.6 Å². The van der Waals surface area contributed by atoms with Crippen molar-refractivity contribution in [3.8, 4) is 5.75 Å². The number of carbonyl (C=O) groups excluding carboxylic acids is 1. The molecular weight excluding hydrogens is 301 g/mol. The van der Waals surface area contributed by atoms with Gasteiger partial charge in [0.25, 0.3) is 0 Å². The van der Waals surface area contributed by atoms with Crippen LogP contribution in [0.1, 0.15) is 39.7 Å². The number of methoxy groups -OCH3 is 1. The number of ether oxygens (including phenoxy) is 1. The predicted molar refractivity (Wildman–Crippen MR) is 80.3 cm³/mol. The Labute approximate surface area is 129 Å². The lowest BCUT2D eigenvalue weighted by Gasteiger charge is -2.27. The van der Waals surface area contributed by atoms with E-state index in [1.807, 2.05) is 13.8 Å². The van der Waals surface area contributed by atoms with Crippen molar-refractivity contribution in [2.45, 2.75) is 50.6 Å². The number of hydrogen-bond donors (Lipinski definition) is 1. The van der Waals surface area contributed by atoms with Crippen LogP contribution in [-0.4, -0.2) is 19.1 Å². The third kappa shape index (κ3) is 5.61. The third-order valence-corrected chi connectivity index (χ3v) is 3.11. The monoisotopic (exact) mass is 322 g/mol. The summed E-state index contributed by atoms with van der Waals surface area (Å²) in [7, 11) is 1.43. The molecule has 0 aliphatic rings. The number of ketones is 1. The van der Waals surface area contributed by atoms with Crippen molar-refractivity contribution in [1.82, 2.24) is 0 Å². The molecule has 1 rings (SSSR count). The summed E-state index contributed by atoms with van der Waals surface area (Å²) in [4.78, 5) is 11.8. The largest absolute Gasteiger partial charge is 0.496 e. The number of carbonyl (C=O) groups is 1. The molecule has 0 aliphatic carbocycles. The molecule has 21 heavy (non-hydrogen) atoms. The van der Waals surface area contributed by atoms with E-state index in [9.17, 15) is 18.0 Å². The fourth-order valence-corrected chi connectivity index (χ4v) is 2.03. The zero-order valence-corrected chi connectivity index (χ0v) is 13.7. The van der Waals surface area contributed by atoms with Crippen LogP contribution in [0.4, 0.5) is 13.2 Å². The van der Waals surface area contributed by atoms with E-state index in [0.29, 0.717) is 16.2 Å². The predicted octanol–water partition coefficient (Wildman–Crippen LogP) is 4.81. The van der Waals surface area contributed by atoms with Gasteiger partial charge in [-0.15, -0.1) is 12.6 Å². The van der Waals surface area contributed by atoms with Gasteiger partial charge in [0.15, 0.2) is 0 Å². The lowest BCUT2D eigenvalue weighted by atomic mass is 9.79. The van der Waals surface area contributed by atoms with Gasteiger partial charge in [-0.05, 0) is 18.2 Å². The minimum Gasteiger partial charge on any atom is -0.496 e. The molecule has 1 aromatic rings. The van der Waals surface area contributed by atoms with Gasteiger partial charge in [-0.2, -0.15) is 13.2 Å². The third-order valence-electron chi connectivity index (χ3n) is 2.83. The van der Waals surface area contributed by atoms with E-state index in [1.165, 1.54) is 7.11 Å². The summed E-state index contributed by atoms with van der Waals surface area (Å²) < 4.78 is 42.2. The fraction of sp³-hybridized carbons (Fsp3) is 0.533. The SMILES string of the molecule is CC.COc1ccc(S)cc1C(C)(C)CC(=O)C(F)(F)F. The van der Waals surface area contributed by atoms with Crippen LogP contribution in [0, 0.1) is 0 Å². The van der Waals surface area contributed by atoms with Gasteiger partial charge in [-0.1, -0.05) is 27.7 Å². The Balaban J connectivity index is 0.00000191. The second-order valence-corrected chi connectivity index (χ2v) is 5.38. The average molecular weight is 322 g/mol. The molecule has 1 aromatic carbocycles. The lowest BCUT2D eigenvalue weighted by Crippen LogP contribution is -2.31. The quantitative estimate of drug-likeness (QED) is 0.805. The van der Waals surface area contributed by atoms with E-state index in [4.69, 9.17) is 4.74 Å². The molecule has 0 heterocycles. The normalized spacial score (nSPS) is 11.5. The number of halogens is 3. The van der Waals surface area contributed by atoms with Crippen LogP contribution in [-0.2, 0) is 10.2 Å². The summed E-state index contributed by atoms with van der Waals surface area (Å²) >= 11 is 4.16. The summed E-state index contributed by atoms with van der Waals surface area (Å²) in [6.07, 6.45) is -5.45. The van der Waals surface area contributed by atoms with Gasteiger partial charge in [0.1, 0.15) is 5.75 Å². The molecule has 0 aliphatic heterocycles. The summed E-state index contributed by atoms with van der Waals surface area (Å²) in [6.45, 7) is 7.14. The van der Waals surface area contributed by atoms with Crippen LogP contribution in [0.5, 0.6) is 5.75 Å². The minimum absolute atomic E-state index is 0.442. The molecule has 0 radical (unpaired) electrons. The van der Waals surface area contributed by atoms with Gasteiger partial charge in [-0.3, -0.25) is 4.79 Å². The molecule has 0 amide bonds. The topological polar surface area (TPSA) is 26.3 Å². The maximum atomic E-state index is 12.4. The van der Waals surface area contributed by atoms with Gasteiger partial charge >= 0.3 is 6.18 Å². The molecule has 0 N–H and O–H groups in total. The molecule has 0 spiro atoms. The minimum atomic E-state index is -4.82. The maximum Gasteiger partial charge on any atom is 0.450 e. The molecule has 0 saturated carbocycles. The van der Waals surface area contributed by atoms with Crippen molar-refractivity contribution in [3.63, 3.8) is 0 Å². The van der Waals surface area contributed by atoms with Crippen molar-refractivity contribution < 1.29 is 22.7 Å². The summed E-state index contributed by atoms with van der Waals surface area (Å²) in [5, 5.41) is 0. The highest BCUT2D eigenvalue weighted by Crippen LogP contribution is 2.37. The van der Waals surface area contributed by atoms with E-state index in [0.717, 1.165) is 0 Å². The lowest BCUT2D eigenvalue weighted by molar-refractivity contribution is -0.172. The summed E-state index contributed by atoms with van der Waals surface area (Å²) in [5.74, 6) is -1.30. The number of hydrogen-bond acceptors (Lipinski definition) is 3. The van der Waals surface area contributed by atoms with Gasteiger partial charge in [0.2, 0.25) is 5.78 Å². The fourth-order valence-electron chi connectivity index (χ4n) is 1.82. The molecule has 0 unspecified atom stereocenters. The van der Waals surface area contributed by atoms with Crippen LogP contribution >= 0.6 is 12.6 Å². The Morgan fingerprint density at radius 1 is 1.24 bits per heavy atom. The van der Waals surface area contributed by atoms with Crippen molar-refractivity contribution >= 4 is 18.4 Å². The zero-order valence-electron chi connectivity index (χ0n) is 12.8. The Kier molecular flexibility index (Phi) is 7.30.